The SMILES string of the molecule is CCC[C@@H](C)c1cc(NC(=O)CS(=O)(=O)C2CCCC2)n[nH]1. The molecule has 1 aromatic rings. The second-order valence-electron chi connectivity index (χ2n) is 6.16. The van der Waals surface area contributed by atoms with Gasteiger partial charge in [-0.05, 0) is 25.2 Å². The number of anilines is 1. The quantitative estimate of drug-likeness (QED) is 0.805. The summed E-state index contributed by atoms with van der Waals surface area (Å²) in [4.78, 5) is 11.9. The van der Waals surface area contributed by atoms with Gasteiger partial charge < -0.3 is 5.32 Å². The zero-order valence-corrected chi connectivity index (χ0v) is 14.1. The van der Waals surface area contributed by atoms with Gasteiger partial charge in [0.2, 0.25) is 5.91 Å². The Bertz CT molecular complexity index is 603. The summed E-state index contributed by atoms with van der Waals surface area (Å²) in [5.74, 6) is -0.229. The Morgan fingerprint density at radius 2 is 2.14 bits per heavy atom. The Balaban J connectivity index is 1.92. The molecule has 1 saturated carbocycles. The van der Waals surface area contributed by atoms with Crippen molar-refractivity contribution in [3.63, 3.8) is 0 Å². The second-order valence-corrected chi connectivity index (χ2v) is 8.44. The van der Waals surface area contributed by atoms with Crippen LogP contribution in [0.1, 0.15) is 64.0 Å². The molecule has 0 aliphatic heterocycles. The molecule has 7 heteroatoms. The van der Waals surface area contributed by atoms with Crippen molar-refractivity contribution in [3.05, 3.63) is 11.8 Å². The highest BCUT2D eigenvalue weighted by Gasteiger charge is 2.30. The van der Waals surface area contributed by atoms with E-state index < -0.39 is 21.5 Å². The van der Waals surface area contributed by atoms with Crippen molar-refractivity contribution < 1.29 is 13.2 Å². The summed E-state index contributed by atoms with van der Waals surface area (Å²) in [5.41, 5.74) is 0.954. The maximum Gasteiger partial charge on any atom is 0.240 e. The lowest BCUT2D eigenvalue weighted by atomic mass is 10.0. The van der Waals surface area contributed by atoms with Gasteiger partial charge in [0.1, 0.15) is 5.75 Å². The first-order valence-electron chi connectivity index (χ1n) is 7.99. The molecule has 1 heterocycles. The van der Waals surface area contributed by atoms with Crippen LogP contribution in [0.15, 0.2) is 6.07 Å². The summed E-state index contributed by atoms with van der Waals surface area (Å²) in [5, 5.41) is 9.16. The average molecular weight is 327 g/mol. The number of aromatic nitrogens is 2. The molecule has 1 aliphatic rings. The Hall–Kier alpha value is -1.37. The molecule has 1 atom stereocenters. The highest BCUT2D eigenvalue weighted by molar-refractivity contribution is 7.92. The molecular formula is C15H25N3O3S. The molecule has 0 radical (unpaired) electrons. The number of H-pyrrole nitrogens is 1. The van der Waals surface area contributed by atoms with Gasteiger partial charge in [-0.1, -0.05) is 33.1 Å². The van der Waals surface area contributed by atoms with E-state index in [9.17, 15) is 13.2 Å². The Morgan fingerprint density at radius 1 is 1.45 bits per heavy atom. The molecule has 6 nitrogen and oxygen atoms in total. The Morgan fingerprint density at radius 3 is 2.77 bits per heavy atom. The molecule has 124 valence electrons. The number of rotatable bonds is 7. The molecule has 0 saturated heterocycles. The van der Waals surface area contributed by atoms with E-state index in [2.05, 4.69) is 29.4 Å². The third-order valence-electron chi connectivity index (χ3n) is 4.26. The number of carbonyl (C=O) groups excluding carboxylic acids is 1. The fourth-order valence-corrected chi connectivity index (χ4v) is 4.69. The third-order valence-corrected chi connectivity index (χ3v) is 6.41. The first kappa shape index (κ1) is 17.0. The van der Waals surface area contributed by atoms with Crippen LogP contribution < -0.4 is 5.32 Å². The number of sulfone groups is 1. The van der Waals surface area contributed by atoms with Crippen LogP contribution in [0, 0.1) is 0 Å². The third kappa shape index (κ3) is 4.32. The van der Waals surface area contributed by atoms with Gasteiger partial charge in [-0.15, -0.1) is 0 Å². The van der Waals surface area contributed by atoms with Crippen molar-refractivity contribution >= 4 is 21.6 Å². The standard InChI is InChI=1S/C15H25N3O3S/c1-3-6-11(2)13-9-14(18-17-13)16-15(19)10-22(20,21)12-7-4-5-8-12/h9,11-12H,3-8,10H2,1-2H3,(H2,16,17,18,19)/t11-/m1/s1. The van der Waals surface area contributed by atoms with Crippen LogP contribution in [0.5, 0.6) is 0 Å². The van der Waals surface area contributed by atoms with Crippen LogP contribution in [-0.4, -0.2) is 35.5 Å². The highest BCUT2D eigenvalue weighted by Crippen LogP contribution is 2.25. The first-order chi connectivity index (χ1) is 10.4. The van der Waals surface area contributed by atoms with Crippen LogP contribution in [-0.2, 0) is 14.6 Å². The van der Waals surface area contributed by atoms with Crippen LogP contribution >= 0.6 is 0 Å². The van der Waals surface area contributed by atoms with Crippen molar-refractivity contribution in [2.24, 2.45) is 0 Å². The summed E-state index contributed by atoms with van der Waals surface area (Å²) in [6.07, 6.45) is 5.33. The van der Waals surface area contributed by atoms with Crippen LogP contribution in [0.4, 0.5) is 5.82 Å². The molecule has 22 heavy (non-hydrogen) atoms. The number of hydrogen-bond donors (Lipinski definition) is 2. The lowest BCUT2D eigenvalue weighted by Gasteiger charge is -2.10. The predicted molar refractivity (Wildman–Crippen MR) is 86.6 cm³/mol. The molecule has 0 spiro atoms. The maximum atomic E-state index is 12.1. The minimum atomic E-state index is -3.35. The van der Waals surface area contributed by atoms with E-state index in [1.54, 1.807) is 6.07 Å². The topological polar surface area (TPSA) is 91.9 Å². The molecule has 0 unspecified atom stereocenters. The highest BCUT2D eigenvalue weighted by atomic mass is 32.2. The normalized spacial score (nSPS) is 17.5. The minimum Gasteiger partial charge on any atom is -0.308 e. The zero-order chi connectivity index (χ0) is 16.2. The summed E-state index contributed by atoms with van der Waals surface area (Å²) < 4.78 is 24.3. The van der Waals surface area contributed by atoms with Crippen molar-refractivity contribution in [2.75, 3.05) is 11.1 Å². The van der Waals surface area contributed by atoms with Crippen LogP contribution in [0.25, 0.3) is 0 Å². The molecule has 0 aromatic carbocycles. The smallest absolute Gasteiger partial charge is 0.240 e. The van der Waals surface area contributed by atoms with Gasteiger partial charge in [0, 0.05) is 11.8 Å². The van der Waals surface area contributed by atoms with Gasteiger partial charge in [-0.2, -0.15) is 5.10 Å². The van der Waals surface area contributed by atoms with E-state index in [1.165, 1.54) is 0 Å². The van der Waals surface area contributed by atoms with E-state index >= 15 is 0 Å². The molecule has 1 aliphatic carbocycles. The molecule has 1 amide bonds. The van der Waals surface area contributed by atoms with Crippen LogP contribution in [0.2, 0.25) is 0 Å². The van der Waals surface area contributed by atoms with Crippen molar-refractivity contribution in [2.45, 2.75) is 63.5 Å². The van der Waals surface area contributed by atoms with Gasteiger partial charge >= 0.3 is 0 Å². The van der Waals surface area contributed by atoms with E-state index in [0.29, 0.717) is 24.6 Å². The minimum absolute atomic E-state index is 0.338. The number of hydrogen-bond acceptors (Lipinski definition) is 4. The van der Waals surface area contributed by atoms with E-state index in [4.69, 9.17) is 0 Å². The molecule has 0 bridgehead atoms. The van der Waals surface area contributed by atoms with Crippen molar-refractivity contribution in [1.82, 2.24) is 10.2 Å². The van der Waals surface area contributed by atoms with Gasteiger partial charge in [-0.3, -0.25) is 9.89 Å². The maximum absolute atomic E-state index is 12.1. The number of nitrogens with one attached hydrogen (secondary N) is 2. The van der Waals surface area contributed by atoms with Crippen LogP contribution in [0.3, 0.4) is 0 Å². The largest absolute Gasteiger partial charge is 0.308 e. The van der Waals surface area contributed by atoms with Gasteiger partial charge in [-0.25, -0.2) is 8.42 Å². The van der Waals surface area contributed by atoms with Crippen molar-refractivity contribution in [3.8, 4) is 0 Å². The fourth-order valence-electron chi connectivity index (χ4n) is 2.97. The lowest BCUT2D eigenvalue weighted by molar-refractivity contribution is -0.113. The summed E-state index contributed by atoms with van der Waals surface area (Å²) in [7, 11) is -3.35. The Labute approximate surface area is 132 Å². The average Bonchev–Trinajstić information content (AvgIpc) is 3.09. The molecule has 2 N–H and O–H groups in total. The number of aromatic amines is 1. The van der Waals surface area contributed by atoms with Gasteiger partial charge in [0.05, 0.1) is 5.25 Å². The summed E-state index contributed by atoms with van der Waals surface area (Å²) >= 11 is 0. The first-order valence-corrected chi connectivity index (χ1v) is 9.70. The summed E-state index contributed by atoms with van der Waals surface area (Å²) in [6, 6.07) is 1.78. The number of amides is 1. The molecule has 2 rings (SSSR count). The second kappa shape index (κ2) is 7.26. The molecular weight excluding hydrogens is 302 g/mol. The number of nitrogens with zero attached hydrogens (tertiary/aromatic N) is 1. The zero-order valence-electron chi connectivity index (χ0n) is 13.3. The summed E-state index contributed by atoms with van der Waals surface area (Å²) in [6.45, 7) is 4.20. The monoisotopic (exact) mass is 327 g/mol. The fraction of sp³-hybridized carbons (Fsp3) is 0.733. The predicted octanol–water partition coefficient (Wildman–Crippen LogP) is 2.61. The van der Waals surface area contributed by atoms with Crippen molar-refractivity contribution in [1.29, 1.82) is 0 Å². The molecule has 1 fully saturated rings. The Kier molecular flexibility index (Phi) is 5.61. The van der Waals surface area contributed by atoms with E-state index in [1.807, 2.05) is 0 Å². The number of carbonyl (C=O) groups is 1. The molecule has 1 aromatic heterocycles. The van der Waals surface area contributed by atoms with E-state index in [-0.39, 0.29) is 5.25 Å². The van der Waals surface area contributed by atoms with E-state index in [0.717, 1.165) is 31.4 Å². The van der Waals surface area contributed by atoms with Gasteiger partial charge in [0.25, 0.3) is 0 Å². The lowest BCUT2D eigenvalue weighted by Crippen LogP contribution is -2.29. The van der Waals surface area contributed by atoms with Gasteiger partial charge in [0.15, 0.2) is 15.7 Å².